The van der Waals surface area contributed by atoms with Crippen molar-refractivity contribution in [1.29, 1.82) is 0 Å². The molecule has 1 aliphatic rings. The van der Waals surface area contributed by atoms with Crippen LogP contribution in [-0.4, -0.2) is 38.2 Å². The monoisotopic (exact) mass is 224 g/mol. The summed E-state index contributed by atoms with van der Waals surface area (Å²) in [6.07, 6.45) is 0. The number of ether oxygens (including phenoxy) is 1. The number of benzene rings is 1. The first-order valence-corrected chi connectivity index (χ1v) is 5.55. The molecule has 0 amide bonds. The Labute approximate surface area is 95.2 Å². The van der Waals surface area contributed by atoms with E-state index in [2.05, 4.69) is 10.2 Å². The fourth-order valence-corrected chi connectivity index (χ4v) is 1.96. The standard InChI is InChI=1S/C12H17FN2O/c1-16-12-8-11(13)3-2-10(12)9-15-6-4-14-5-7-15/h2-3,8,14H,4-7,9H2,1H3. The Hall–Kier alpha value is -1.13. The zero-order valence-electron chi connectivity index (χ0n) is 9.50. The molecule has 0 aromatic heterocycles. The summed E-state index contributed by atoms with van der Waals surface area (Å²) >= 11 is 0. The highest BCUT2D eigenvalue weighted by Gasteiger charge is 2.12. The zero-order chi connectivity index (χ0) is 11.4. The van der Waals surface area contributed by atoms with Crippen molar-refractivity contribution < 1.29 is 9.13 Å². The summed E-state index contributed by atoms with van der Waals surface area (Å²) < 4.78 is 18.2. The molecule has 1 N–H and O–H groups in total. The summed E-state index contributed by atoms with van der Waals surface area (Å²) in [7, 11) is 1.58. The number of nitrogens with one attached hydrogen (secondary N) is 1. The molecule has 1 aliphatic heterocycles. The predicted octanol–water partition coefficient (Wildman–Crippen LogP) is 1.24. The summed E-state index contributed by atoms with van der Waals surface area (Å²) in [5, 5.41) is 3.31. The highest BCUT2D eigenvalue weighted by atomic mass is 19.1. The zero-order valence-corrected chi connectivity index (χ0v) is 9.50. The average Bonchev–Trinajstić information content (AvgIpc) is 2.33. The molecule has 1 fully saturated rings. The van der Waals surface area contributed by atoms with Crippen molar-refractivity contribution in [3.8, 4) is 5.75 Å². The third-order valence-corrected chi connectivity index (χ3v) is 2.85. The lowest BCUT2D eigenvalue weighted by molar-refractivity contribution is 0.230. The van der Waals surface area contributed by atoms with E-state index in [0.29, 0.717) is 5.75 Å². The average molecular weight is 224 g/mol. The van der Waals surface area contributed by atoms with Gasteiger partial charge in [-0.15, -0.1) is 0 Å². The molecule has 1 aromatic carbocycles. The van der Waals surface area contributed by atoms with Gasteiger partial charge in [0.25, 0.3) is 0 Å². The Kier molecular flexibility index (Phi) is 3.74. The van der Waals surface area contributed by atoms with Crippen LogP contribution in [0, 0.1) is 5.82 Å². The summed E-state index contributed by atoms with van der Waals surface area (Å²) in [6.45, 7) is 4.92. The molecule has 0 unspecified atom stereocenters. The van der Waals surface area contributed by atoms with E-state index in [-0.39, 0.29) is 5.82 Å². The van der Waals surface area contributed by atoms with Crippen LogP contribution in [0.4, 0.5) is 4.39 Å². The van der Waals surface area contributed by atoms with E-state index < -0.39 is 0 Å². The lowest BCUT2D eigenvalue weighted by atomic mass is 10.1. The van der Waals surface area contributed by atoms with Gasteiger partial charge in [0.2, 0.25) is 0 Å². The molecule has 1 aromatic rings. The lowest BCUT2D eigenvalue weighted by Gasteiger charge is -2.27. The van der Waals surface area contributed by atoms with Crippen LogP contribution < -0.4 is 10.1 Å². The quantitative estimate of drug-likeness (QED) is 0.836. The van der Waals surface area contributed by atoms with Crippen molar-refractivity contribution >= 4 is 0 Å². The summed E-state index contributed by atoms with van der Waals surface area (Å²) in [5.74, 6) is 0.388. The molecule has 2 rings (SSSR count). The fraction of sp³-hybridized carbons (Fsp3) is 0.500. The van der Waals surface area contributed by atoms with Gasteiger partial charge in [0, 0.05) is 44.4 Å². The second kappa shape index (κ2) is 5.27. The number of rotatable bonds is 3. The first kappa shape index (κ1) is 11.4. The molecule has 0 radical (unpaired) electrons. The van der Waals surface area contributed by atoms with Crippen LogP contribution in [0.3, 0.4) is 0 Å². The summed E-state index contributed by atoms with van der Waals surface area (Å²) in [5.41, 5.74) is 1.05. The topological polar surface area (TPSA) is 24.5 Å². The van der Waals surface area contributed by atoms with Gasteiger partial charge < -0.3 is 10.1 Å². The Morgan fingerprint density at radius 2 is 2.12 bits per heavy atom. The fourth-order valence-electron chi connectivity index (χ4n) is 1.96. The van der Waals surface area contributed by atoms with Gasteiger partial charge in [0.1, 0.15) is 11.6 Å². The SMILES string of the molecule is COc1cc(F)ccc1CN1CCNCC1. The summed E-state index contributed by atoms with van der Waals surface area (Å²) in [4.78, 5) is 2.34. The van der Waals surface area contributed by atoms with Gasteiger partial charge in [0.05, 0.1) is 7.11 Å². The highest BCUT2D eigenvalue weighted by Crippen LogP contribution is 2.21. The van der Waals surface area contributed by atoms with Gasteiger partial charge in [-0.1, -0.05) is 6.07 Å². The summed E-state index contributed by atoms with van der Waals surface area (Å²) in [6, 6.07) is 4.73. The number of halogens is 1. The molecule has 0 spiro atoms. The van der Waals surface area contributed by atoms with Crippen LogP contribution in [0.5, 0.6) is 5.75 Å². The van der Waals surface area contributed by atoms with Gasteiger partial charge in [-0.3, -0.25) is 4.90 Å². The van der Waals surface area contributed by atoms with Crippen molar-refractivity contribution in [3.05, 3.63) is 29.6 Å². The minimum atomic E-state index is -0.249. The third-order valence-electron chi connectivity index (χ3n) is 2.85. The van der Waals surface area contributed by atoms with Crippen LogP contribution >= 0.6 is 0 Å². The van der Waals surface area contributed by atoms with Crippen molar-refractivity contribution in [3.63, 3.8) is 0 Å². The lowest BCUT2D eigenvalue weighted by Crippen LogP contribution is -2.42. The largest absolute Gasteiger partial charge is 0.496 e. The smallest absolute Gasteiger partial charge is 0.126 e. The number of methoxy groups -OCH3 is 1. The second-order valence-electron chi connectivity index (χ2n) is 3.98. The first-order chi connectivity index (χ1) is 7.79. The van der Waals surface area contributed by atoms with Crippen LogP contribution in [0.25, 0.3) is 0 Å². The Morgan fingerprint density at radius 1 is 1.38 bits per heavy atom. The molecule has 0 aliphatic carbocycles. The molecule has 16 heavy (non-hydrogen) atoms. The maximum atomic E-state index is 13.0. The molecule has 1 heterocycles. The predicted molar refractivity (Wildman–Crippen MR) is 61.1 cm³/mol. The van der Waals surface area contributed by atoms with Gasteiger partial charge in [-0.25, -0.2) is 4.39 Å². The van der Waals surface area contributed by atoms with E-state index in [1.807, 2.05) is 0 Å². The minimum Gasteiger partial charge on any atom is -0.496 e. The molecule has 1 saturated heterocycles. The number of hydrogen-bond donors (Lipinski definition) is 1. The maximum Gasteiger partial charge on any atom is 0.126 e. The van der Waals surface area contributed by atoms with Crippen molar-refractivity contribution in [1.82, 2.24) is 10.2 Å². The molecule has 88 valence electrons. The molecular formula is C12H17FN2O. The van der Waals surface area contributed by atoms with E-state index in [0.717, 1.165) is 38.3 Å². The van der Waals surface area contributed by atoms with Gasteiger partial charge in [-0.2, -0.15) is 0 Å². The Balaban J connectivity index is 2.07. The van der Waals surface area contributed by atoms with Crippen LogP contribution in [0.15, 0.2) is 18.2 Å². The van der Waals surface area contributed by atoms with E-state index in [4.69, 9.17) is 4.74 Å². The van der Waals surface area contributed by atoms with Crippen molar-refractivity contribution in [2.24, 2.45) is 0 Å². The van der Waals surface area contributed by atoms with Gasteiger partial charge >= 0.3 is 0 Å². The molecule has 4 heteroatoms. The van der Waals surface area contributed by atoms with Crippen molar-refractivity contribution in [2.45, 2.75) is 6.54 Å². The van der Waals surface area contributed by atoms with Crippen LogP contribution in [0.1, 0.15) is 5.56 Å². The van der Waals surface area contributed by atoms with Gasteiger partial charge in [0.15, 0.2) is 0 Å². The van der Waals surface area contributed by atoms with Crippen molar-refractivity contribution in [2.75, 3.05) is 33.3 Å². The maximum absolute atomic E-state index is 13.0. The molecule has 0 bridgehead atoms. The number of nitrogens with zero attached hydrogens (tertiary/aromatic N) is 1. The molecule has 0 atom stereocenters. The highest BCUT2D eigenvalue weighted by molar-refractivity contribution is 5.33. The second-order valence-corrected chi connectivity index (χ2v) is 3.98. The molecule has 3 nitrogen and oxygen atoms in total. The normalized spacial score (nSPS) is 17.4. The minimum absolute atomic E-state index is 0.249. The van der Waals surface area contributed by atoms with Gasteiger partial charge in [-0.05, 0) is 6.07 Å². The molecule has 0 saturated carbocycles. The third kappa shape index (κ3) is 2.71. The van der Waals surface area contributed by atoms with E-state index in [9.17, 15) is 4.39 Å². The van der Waals surface area contributed by atoms with E-state index >= 15 is 0 Å². The number of hydrogen-bond acceptors (Lipinski definition) is 3. The Bertz CT molecular complexity index is 351. The van der Waals surface area contributed by atoms with E-state index in [1.54, 1.807) is 13.2 Å². The first-order valence-electron chi connectivity index (χ1n) is 5.55. The number of piperazine rings is 1. The Morgan fingerprint density at radius 3 is 2.81 bits per heavy atom. The molecular weight excluding hydrogens is 207 g/mol. The van der Waals surface area contributed by atoms with E-state index in [1.165, 1.54) is 12.1 Å². The van der Waals surface area contributed by atoms with Crippen LogP contribution in [0.2, 0.25) is 0 Å². The van der Waals surface area contributed by atoms with Crippen LogP contribution in [-0.2, 0) is 6.54 Å².